The third-order valence-corrected chi connectivity index (χ3v) is 2.18. The van der Waals surface area contributed by atoms with Gasteiger partial charge in [0.1, 0.15) is 0 Å². The third kappa shape index (κ3) is 2.81. The van der Waals surface area contributed by atoms with Crippen molar-refractivity contribution in [1.29, 1.82) is 0 Å². The molecule has 0 aromatic heterocycles. The molecule has 0 unspecified atom stereocenters. The first-order valence-electron chi connectivity index (χ1n) is 5.06. The number of hydrogen-bond donors (Lipinski definition) is 0. The monoisotopic (exact) mass is 228 g/mol. The third-order valence-electron chi connectivity index (χ3n) is 2.18. The molecule has 0 saturated heterocycles. The van der Waals surface area contributed by atoms with Crippen LogP contribution in [0.3, 0.4) is 0 Å². The molecule has 0 bridgehead atoms. The minimum absolute atomic E-state index is 0.0420. The van der Waals surface area contributed by atoms with Gasteiger partial charge in [-0.25, -0.2) is 0 Å². The van der Waals surface area contributed by atoms with Gasteiger partial charge in [-0.2, -0.15) is 0 Å². The van der Waals surface area contributed by atoms with Gasteiger partial charge < -0.3 is 4.74 Å². The van der Waals surface area contributed by atoms with Gasteiger partial charge in [-0.3, -0.25) is 10.1 Å². The van der Waals surface area contributed by atoms with Crippen molar-refractivity contribution < 1.29 is 9.66 Å². The number of ether oxygens (including phenoxy) is 1. The van der Waals surface area contributed by atoms with Crippen molar-refractivity contribution in [2.24, 2.45) is 0 Å². The molecule has 0 amide bonds. The summed E-state index contributed by atoms with van der Waals surface area (Å²) in [5, 5.41) is 10.7. The molecule has 0 N–H and O–H groups in total. The van der Waals surface area contributed by atoms with Gasteiger partial charge in [0, 0.05) is 6.07 Å². The van der Waals surface area contributed by atoms with Gasteiger partial charge in [-0.15, -0.1) is 0 Å². The highest BCUT2D eigenvalue weighted by atomic mass is 16.6. The number of para-hydroxylation sites is 2. The Bertz CT molecular complexity index is 511. The van der Waals surface area contributed by atoms with E-state index in [1.807, 2.05) is 30.3 Å². The molecule has 2 aromatic carbocycles. The van der Waals surface area contributed by atoms with Crippen LogP contribution < -0.4 is 4.74 Å². The number of rotatable bonds is 4. The van der Waals surface area contributed by atoms with Crippen molar-refractivity contribution in [1.82, 2.24) is 0 Å². The number of nitro groups is 1. The maximum Gasteiger partial charge on any atom is 0.310 e. The van der Waals surface area contributed by atoms with Crippen LogP contribution in [0.4, 0.5) is 5.69 Å². The Hall–Kier alpha value is -2.36. The summed E-state index contributed by atoms with van der Waals surface area (Å²) in [7, 11) is 0. The van der Waals surface area contributed by atoms with Crippen molar-refractivity contribution in [3.8, 4) is 5.75 Å². The number of nitrogens with zero attached hydrogens (tertiary/aromatic N) is 1. The number of hydrogen-bond acceptors (Lipinski definition) is 3. The molecular formula is C13H10NO3. The zero-order valence-electron chi connectivity index (χ0n) is 8.95. The van der Waals surface area contributed by atoms with E-state index in [2.05, 4.69) is 0 Å². The van der Waals surface area contributed by atoms with Crippen molar-refractivity contribution in [3.63, 3.8) is 0 Å². The summed E-state index contributed by atoms with van der Waals surface area (Å²) < 4.78 is 5.32. The molecule has 4 nitrogen and oxygen atoms in total. The first kappa shape index (κ1) is 11.1. The van der Waals surface area contributed by atoms with Gasteiger partial charge in [-0.05, 0) is 11.6 Å². The molecule has 85 valence electrons. The molecule has 0 aliphatic heterocycles. The molecule has 0 spiro atoms. The first-order valence-corrected chi connectivity index (χ1v) is 5.06. The van der Waals surface area contributed by atoms with Crippen LogP contribution >= 0.6 is 0 Å². The fraction of sp³-hybridized carbons (Fsp3) is 0. The Labute approximate surface area is 98.6 Å². The lowest BCUT2D eigenvalue weighted by atomic mass is 10.2. The lowest BCUT2D eigenvalue weighted by Crippen LogP contribution is -1.96. The van der Waals surface area contributed by atoms with E-state index in [-0.39, 0.29) is 11.4 Å². The van der Waals surface area contributed by atoms with Gasteiger partial charge in [0.25, 0.3) is 0 Å². The molecule has 0 heterocycles. The van der Waals surface area contributed by atoms with Crippen LogP contribution in [0.25, 0.3) is 0 Å². The van der Waals surface area contributed by atoms with Gasteiger partial charge in [0.05, 0.1) is 4.92 Å². The smallest absolute Gasteiger partial charge is 0.310 e. The molecule has 2 aromatic rings. The maximum absolute atomic E-state index is 10.7. The summed E-state index contributed by atoms with van der Waals surface area (Å²) in [5.74, 6) is 0.237. The molecule has 17 heavy (non-hydrogen) atoms. The Kier molecular flexibility index (Phi) is 3.35. The normalized spacial score (nSPS) is 9.88. The summed E-state index contributed by atoms with van der Waals surface area (Å²) in [6.45, 7) is 1.49. The fourth-order valence-electron chi connectivity index (χ4n) is 1.37. The summed E-state index contributed by atoms with van der Waals surface area (Å²) in [5.41, 5.74) is 0.810. The Balaban J connectivity index is 2.12. The van der Waals surface area contributed by atoms with E-state index in [1.165, 1.54) is 12.7 Å². The Morgan fingerprint density at radius 1 is 1.00 bits per heavy atom. The van der Waals surface area contributed by atoms with E-state index in [1.54, 1.807) is 18.2 Å². The summed E-state index contributed by atoms with van der Waals surface area (Å²) >= 11 is 0. The van der Waals surface area contributed by atoms with Crippen LogP contribution in [0.1, 0.15) is 5.56 Å². The second-order valence-corrected chi connectivity index (χ2v) is 3.37. The molecule has 0 aliphatic rings. The van der Waals surface area contributed by atoms with E-state index < -0.39 is 4.92 Å². The summed E-state index contributed by atoms with van der Waals surface area (Å²) in [6, 6.07) is 15.6. The topological polar surface area (TPSA) is 52.4 Å². The molecule has 0 fully saturated rings. The van der Waals surface area contributed by atoms with Crippen LogP contribution in [-0.4, -0.2) is 4.92 Å². The van der Waals surface area contributed by atoms with E-state index in [0.717, 1.165) is 5.56 Å². The molecule has 2 rings (SSSR count). The van der Waals surface area contributed by atoms with Crippen molar-refractivity contribution in [2.75, 3.05) is 0 Å². The predicted octanol–water partition coefficient (Wildman–Crippen LogP) is 3.18. The van der Waals surface area contributed by atoms with Crippen molar-refractivity contribution in [3.05, 3.63) is 76.9 Å². The minimum atomic E-state index is -0.464. The largest absolute Gasteiger partial charge is 0.474 e. The summed E-state index contributed by atoms with van der Waals surface area (Å²) in [6.07, 6.45) is 0. The quantitative estimate of drug-likeness (QED) is 0.596. The minimum Gasteiger partial charge on any atom is -0.474 e. The Morgan fingerprint density at radius 2 is 1.65 bits per heavy atom. The van der Waals surface area contributed by atoms with Crippen LogP contribution in [0.5, 0.6) is 5.75 Å². The number of benzene rings is 2. The van der Waals surface area contributed by atoms with Crippen LogP contribution in [0.2, 0.25) is 0 Å². The predicted molar refractivity (Wildman–Crippen MR) is 63.6 cm³/mol. The van der Waals surface area contributed by atoms with E-state index in [4.69, 9.17) is 4.74 Å². The van der Waals surface area contributed by atoms with Gasteiger partial charge in [0.15, 0.2) is 12.4 Å². The molecular weight excluding hydrogens is 218 g/mol. The van der Waals surface area contributed by atoms with Crippen molar-refractivity contribution >= 4 is 5.69 Å². The van der Waals surface area contributed by atoms with Gasteiger partial charge >= 0.3 is 5.69 Å². The maximum atomic E-state index is 10.7. The molecule has 0 aliphatic carbocycles. The SMILES string of the molecule is O=[N+]([O-])c1ccccc1O[CH]c1ccccc1. The van der Waals surface area contributed by atoms with E-state index in [0.29, 0.717) is 0 Å². The first-order chi connectivity index (χ1) is 8.27. The average Bonchev–Trinajstić information content (AvgIpc) is 2.38. The van der Waals surface area contributed by atoms with Crippen molar-refractivity contribution in [2.45, 2.75) is 0 Å². The highest BCUT2D eigenvalue weighted by Gasteiger charge is 2.13. The standard InChI is InChI=1S/C13H10NO3/c15-14(16)12-8-4-5-9-13(12)17-10-11-6-2-1-3-7-11/h1-10H. The highest BCUT2D eigenvalue weighted by Crippen LogP contribution is 2.26. The van der Waals surface area contributed by atoms with Gasteiger partial charge in [-0.1, -0.05) is 42.5 Å². The van der Waals surface area contributed by atoms with E-state index in [9.17, 15) is 10.1 Å². The van der Waals surface area contributed by atoms with Crippen LogP contribution in [0.15, 0.2) is 54.6 Å². The zero-order chi connectivity index (χ0) is 12.1. The fourth-order valence-corrected chi connectivity index (χ4v) is 1.37. The van der Waals surface area contributed by atoms with E-state index >= 15 is 0 Å². The van der Waals surface area contributed by atoms with Gasteiger partial charge in [0.2, 0.25) is 0 Å². The lowest BCUT2D eigenvalue weighted by molar-refractivity contribution is -0.385. The highest BCUT2D eigenvalue weighted by molar-refractivity contribution is 5.46. The molecule has 0 atom stereocenters. The zero-order valence-corrected chi connectivity index (χ0v) is 8.95. The molecule has 0 saturated carbocycles. The lowest BCUT2D eigenvalue weighted by Gasteiger charge is -2.05. The van der Waals surface area contributed by atoms with Crippen LogP contribution in [-0.2, 0) is 0 Å². The summed E-state index contributed by atoms with van der Waals surface area (Å²) in [4.78, 5) is 10.3. The Morgan fingerprint density at radius 3 is 2.35 bits per heavy atom. The average molecular weight is 228 g/mol. The van der Waals surface area contributed by atoms with Crippen LogP contribution in [0, 0.1) is 16.7 Å². The number of nitro benzene ring substituents is 1. The second-order valence-electron chi connectivity index (χ2n) is 3.37. The second kappa shape index (κ2) is 5.12. The molecule has 4 heteroatoms. The molecule has 1 radical (unpaired) electrons.